The van der Waals surface area contributed by atoms with Gasteiger partial charge in [0.1, 0.15) is 0 Å². The Morgan fingerprint density at radius 3 is 2.31 bits per heavy atom. The number of benzene rings is 2. The minimum Gasteiger partial charge on any atom is -0.345 e. The maximum atomic E-state index is 11.4. The number of sulfonamides is 1. The Labute approximate surface area is 165 Å². The molecule has 0 fully saturated rings. The molecule has 5 nitrogen and oxygen atoms in total. The van der Waals surface area contributed by atoms with Crippen LogP contribution in [0, 0.1) is 13.8 Å². The first-order valence-electron chi connectivity index (χ1n) is 7.94. The summed E-state index contributed by atoms with van der Waals surface area (Å²) in [6, 6.07) is 10.3. The van der Waals surface area contributed by atoms with Crippen molar-refractivity contribution in [1.82, 2.24) is 4.90 Å². The Morgan fingerprint density at radius 2 is 1.81 bits per heavy atom. The molecule has 0 aliphatic heterocycles. The van der Waals surface area contributed by atoms with E-state index in [0.29, 0.717) is 10.1 Å². The van der Waals surface area contributed by atoms with Gasteiger partial charge >= 0.3 is 0 Å². The van der Waals surface area contributed by atoms with Gasteiger partial charge in [-0.2, -0.15) is 0 Å². The highest BCUT2D eigenvalue weighted by Crippen LogP contribution is 2.28. The first-order valence-corrected chi connectivity index (χ1v) is 10.3. The SMILES string of the molecule is Cc1cc(C)c(NC(=S)N(C)[C@H](C)c2ccc(S(N)(=O)=O)cc2)c(Cl)c1. The molecule has 3 N–H and O–H groups in total. The second-order valence-corrected chi connectivity index (χ2v) is 8.63. The molecule has 8 heteroatoms. The van der Waals surface area contributed by atoms with E-state index in [9.17, 15) is 8.42 Å². The third-order valence-electron chi connectivity index (χ3n) is 4.26. The molecule has 0 bridgehead atoms. The Hall–Kier alpha value is -1.67. The van der Waals surface area contributed by atoms with E-state index in [4.69, 9.17) is 29.0 Å². The quantitative estimate of drug-likeness (QED) is 0.744. The summed E-state index contributed by atoms with van der Waals surface area (Å²) in [5.74, 6) is 0. The van der Waals surface area contributed by atoms with Gasteiger partial charge < -0.3 is 10.2 Å². The minimum absolute atomic E-state index is 0.0749. The monoisotopic (exact) mass is 411 g/mol. The Bertz CT molecular complexity index is 905. The zero-order valence-corrected chi connectivity index (χ0v) is 17.5. The lowest BCUT2D eigenvalue weighted by atomic mass is 10.1. The van der Waals surface area contributed by atoms with Gasteiger partial charge in [0, 0.05) is 7.05 Å². The van der Waals surface area contributed by atoms with Gasteiger partial charge in [-0.15, -0.1) is 0 Å². The molecule has 0 aromatic heterocycles. The number of anilines is 1. The normalized spacial score (nSPS) is 12.5. The highest BCUT2D eigenvalue weighted by molar-refractivity contribution is 7.89. The van der Waals surface area contributed by atoms with Gasteiger partial charge in [0.05, 0.1) is 21.6 Å². The fraction of sp³-hybridized carbons (Fsp3) is 0.278. The Balaban J connectivity index is 2.17. The van der Waals surface area contributed by atoms with E-state index in [1.165, 1.54) is 12.1 Å². The number of halogens is 1. The molecular formula is C18H22ClN3O2S2. The van der Waals surface area contributed by atoms with Crippen LogP contribution in [0.5, 0.6) is 0 Å². The molecule has 0 amide bonds. The molecule has 0 radical (unpaired) electrons. The lowest BCUT2D eigenvalue weighted by molar-refractivity contribution is 0.408. The fourth-order valence-electron chi connectivity index (χ4n) is 2.60. The van der Waals surface area contributed by atoms with E-state index in [1.54, 1.807) is 12.1 Å². The van der Waals surface area contributed by atoms with E-state index < -0.39 is 10.0 Å². The van der Waals surface area contributed by atoms with Gasteiger partial charge in [0.2, 0.25) is 10.0 Å². The summed E-state index contributed by atoms with van der Waals surface area (Å²) in [6.07, 6.45) is 0. The highest BCUT2D eigenvalue weighted by atomic mass is 35.5. The van der Waals surface area contributed by atoms with Crippen molar-refractivity contribution in [3.8, 4) is 0 Å². The standard InChI is InChI=1S/C18H22ClN3O2S2/c1-11-9-12(2)17(16(19)10-11)21-18(25)22(4)13(3)14-5-7-15(8-6-14)26(20,23)24/h5-10,13H,1-4H3,(H,21,25)(H2,20,23,24)/t13-/m1/s1. The summed E-state index contributed by atoms with van der Waals surface area (Å²) in [7, 11) is -1.84. The summed E-state index contributed by atoms with van der Waals surface area (Å²) in [5.41, 5.74) is 3.79. The number of thiocarbonyl (C=S) groups is 1. The molecule has 2 aromatic rings. The molecule has 0 heterocycles. The summed E-state index contributed by atoms with van der Waals surface area (Å²) < 4.78 is 22.7. The predicted octanol–water partition coefficient (Wildman–Crippen LogP) is 3.99. The first kappa shape index (κ1) is 20.6. The van der Waals surface area contributed by atoms with E-state index >= 15 is 0 Å². The molecule has 140 valence electrons. The summed E-state index contributed by atoms with van der Waals surface area (Å²) >= 11 is 11.8. The van der Waals surface area contributed by atoms with Crippen molar-refractivity contribution < 1.29 is 8.42 Å². The van der Waals surface area contributed by atoms with Crippen LogP contribution in [0.3, 0.4) is 0 Å². The average molecular weight is 412 g/mol. The lowest BCUT2D eigenvalue weighted by Gasteiger charge is -2.29. The third kappa shape index (κ3) is 4.73. The van der Waals surface area contributed by atoms with Gasteiger partial charge in [-0.05, 0) is 67.9 Å². The average Bonchev–Trinajstić information content (AvgIpc) is 2.55. The number of nitrogens with two attached hydrogens (primary N) is 1. The van der Waals surface area contributed by atoms with Crippen LogP contribution in [-0.4, -0.2) is 25.5 Å². The van der Waals surface area contributed by atoms with Crippen LogP contribution >= 0.6 is 23.8 Å². The van der Waals surface area contributed by atoms with Crippen molar-refractivity contribution >= 4 is 44.6 Å². The third-order valence-corrected chi connectivity index (χ3v) is 5.87. The molecule has 2 aromatic carbocycles. The maximum Gasteiger partial charge on any atom is 0.238 e. The van der Waals surface area contributed by atoms with Gasteiger partial charge in [0.25, 0.3) is 0 Å². The van der Waals surface area contributed by atoms with Gasteiger partial charge in [0.15, 0.2) is 5.11 Å². The number of hydrogen-bond donors (Lipinski definition) is 2. The largest absolute Gasteiger partial charge is 0.345 e. The van der Waals surface area contributed by atoms with Crippen molar-refractivity contribution in [1.29, 1.82) is 0 Å². The van der Waals surface area contributed by atoms with Gasteiger partial charge in [-0.1, -0.05) is 29.8 Å². The van der Waals surface area contributed by atoms with Crippen molar-refractivity contribution in [2.45, 2.75) is 31.7 Å². The zero-order valence-electron chi connectivity index (χ0n) is 15.1. The molecule has 26 heavy (non-hydrogen) atoms. The lowest BCUT2D eigenvalue weighted by Crippen LogP contribution is -2.33. The molecule has 2 rings (SSSR count). The maximum absolute atomic E-state index is 11.4. The minimum atomic E-state index is -3.70. The number of aryl methyl sites for hydroxylation is 2. The molecule has 0 spiro atoms. The van der Waals surface area contributed by atoms with E-state index in [0.717, 1.165) is 22.4 Å². The molecule has 0 saturated heterocycles. The second-order valence-electron chi connectivity index (χ2n) is 6.27. The van der Waals surface area contributed by atoms with E-state index in [2.05, 4.69) is 5.32 Å². The second kappa shape index (κ2) is 7.92. The molecule has 0 saturated carbocycles. The zero-order chi connectivity index (χ0) is 19.6. The van der Waals surface area contributed by atoms with Crippen LogP contribution in [0.1, 0.15) is 29.7 Å². The van der Waals surface area contributed by atoms with E-state index in [1.807, 2.05) is 44.9 Å². The van der Waals surface area contributed by atoms with Crippen molar-refractivity contribution in [2.75, 3.05) is 12.4 Å². The number of hydrogen-bond acceptors (Lipinski definition) is 3. The number of nitrogens with one attached hydrogen (secondary N) is 1. The van der Waals surface area contributed by atoms with Crippen molar-refractivity contribution in [3.05, 3.63) is 58.1 Å². The first-order chi connectivity index (χ1) is 12.0. The van der Waals surface area contributed by atoms with Crippen LogP contribution in [0.2, 0.25) is 5.02 Å². The van der Waals surface area contributed by atoms with E-state index in [-0.39, 0.29) is 10.9 Å². The van der Waals surface area contributed by atoms with Crippen LogP contribution in [0.15, 0.2) is 41.3 Å². The molecule has 0 aliphatic rings. The Kier molecular flexibility index (Phi) is 6.29. The van der Waals surface area contributed by atoms with Crippen LogP contribution in [0.25, 0.3) is 0 Å². The Morgan fingerprint density at radius 1 is 1.23 bits per heavy atom. The van der Waals surface area contributed by atoms with Crippen LogP contribution in [0.4, 0.5) is 5.69 Å². The predicted molar refractivity (Wildman–Crippen MR) is 111 cm³/mol. The van der Waals surface area contributed by atoms with Gasteiger partial charge in [-0.25, -0.2) is 13.6 Å². The number of rotatable bonds is 4. The van der Waals surface area contributed by atoms with Crippen LogP contribution < -0.4 is 10.5 Å². The number of primary sulfonamides is 1. The fourth-order valence-corrected chi connectivity index (χ4v) is 3.75. The molecule has 0 aliphatic carbocycles. The number of nitrogens with zero attached hydrogens (tertiary/aromatic N) is 1. The molecule has 1 atom stereocenters. The summed E-state index contributed by atoms with van der Waals surface area (Å²) in [5, 5.41) is 9.47. The topological polar surface area (TPSA) is 75.4 Å². The molecule has 0 unspecified atom stereocenters. The smallest absolute Gasteiger partial charge is 0.238 e. The van der Waals surface area contributed by atoms with Crippen LogP contribution in [-0.2, 0) is 10.0 Å². The van der Waals surface area contributed by atoms with Crippen molar-refractivity contribution in [2.24, 2.45) is 5.14 Å². The summed E-state index contributed by atoms with van der Waals surface area (Å²) in [6.45, 7) is 5.93. The van der Waals surface area contributed by atoms with Gasteiger partial charge in [-0.3, -0.25) is 0 Å². The van der Waals surface area contributed by atoms with Crippen molar-refractivity contribution in [3.63, 3.8) is 0 Å². The molecular weight excluding hydrogens is 390 g/mol. The summed E-state index contributed by atoms with van der Waals surface area (Å²) in [4.78, 5) is 1.97. The highest BCUT2D eigenvalue weighted by Gasteiger charge is 2.17.